The summed E-state index contributed by atoms with van der Waals surface area (Å²) in [6.07, 6.45) is 0. The minimum absolute atomic E-state index is 1.24. The molecule has 0 fully saturated rings. The third kappa shape index (κ3) is 3.94. The maximum Gasteiger partial charge on any atom is 0.0434 e. The molecule has 0 saturated heterocycles. The molecular weight excluding hydrogens is 464 g/mol. The molecule has 1 heterocycles. The van der Waals surface area contributed by atoms with Crippen LogP contribution in [0.1, 0.15) is 0 Å². The highest BCUT2D eigenvalue weighted by molar-refractivity contribution is 7.21. The Bertz CT molecular complexity index is 1860. The standard InChI is InChI=1S/C36H24S/c1-3-12-25(13-4-1)27-18-11-19-30(22-27)35-31-20-9-10-21-32(31)36(37-35)34-24-29-17-8-7-16-28(29)23-33(34)26-14-5-2-6-15-26/h1-24H. The van der Waals surface area contributed by atoms with Gasteiger partial charge in [-0.2, -0.15) is 0 Å². The van der Waals surface area contributed by atoms with Gasteiger partial charge in [-0.3, -0.25) is 0 Å². The van der Waals surface area contributed by atoms with E-state index in [1.54, 1.807) is 0 Å². The van der Waals surface area contributed by atoms with Crippen molar-refractivity contribution in [3.63, 3.8) is 0 Å². The molecule has 0 radical (unpaired) electrons. The van der Waals surface area contributed by atoms with Gasteiger partial charge in [-0.25, -0.2) is 0 Å². The monoisotopic (exact) mass is 488 g/mol. The first-order chi connectivity index (χ1) is 18.3. The average Bonchev–Trinajstić information content (AvgIpc) is 3.37. The van der Waals surface area contributed by atoms with Crippen LogP contribution < -0.4 is 0 Å². The van der Waals surface area contributed by atoms with Gasteiger partial charge in [0.25, 0.3) is 0 Å². The van der Waals surface area contributed by atoms with Gasteiger partial charge in [0.05, 0.1) is 0 Å². The predicted octanol–water partition coefficient (Wildman–Crippen LogP) is 10.7. The van der Waals surface area contributed by atoms with E-state index in [1.807, 2.05) is 11.3 Å². The third-order valence-electron chi connectivity index (χ3n) is 7.07. The number of thiophene rings is 1. The van der Waals surface area contributed by atoms with Gasteiger partial charge in [0.15, 0.2) is 0 Å². The van der Waals surface area contributed by atoms with Crippen LogP contribution in [0.15, 0.2) is 146 Å². The van der Waals surface area contributed by atoms with Crippen molar-refractivity contribution in [3.05, 3.63) is 146 Å². The van der Waals surface area contributed by atoms with Crippen LogP contribution in [0.25, 0.3) is 64.7 Å². The topological polar surface area (TPSA) is 0 Å². The predicted molar refractivity (Wildman–Crippen MR) is 161 cm³/mol. The molecule has 0 atom stereocenters. The summed E-state index contributed by atoms with van der Waals surface area (Å²) in [5, 5.41) is 5.14. The molecule has 0 bridgehead atoms. The quantitative estimate of drug-likeness (QED) is 0.231. The van der Waals surface area contributed by atoms with Crippen molar-refractivity contribution in [1.29, 1.82) is 0 Å². The van der Waals surface area contributed by atoms with Gasteiger partial charge in [-0.15, -0.1) is 11.3 Å². The maximum absolute atomic E-state index is 2.38. The van der Waals surface area contributed by atoms with Gasteiger partial charge in [0.2, 0.25) is 0 Å². The Kier molecular flexibility index (Phi) is 5.42. The Morgan fingerprint density at radius 1 is 0.324 bits per heavy atom. The summed E-state index contributed by atoms with van der Waals surface area (Å²) in [6.45, 7) is 0. The molecule has 6 aromatic carbocycles. The van der Waals surface area contributed by atoms with Crippen molar-refractivity contribution in [2.75, 3.05) is 0 Å². The van der Waals surface area contributed by atoms with Crippen LogP contribution in [0.3, 0.4) is 0 Å². The van der Waals surface area contributed by atoms with E-state index in [9.17, 15) is 0 Å². The molecule has 174 valence electrons. The summed E-state index contributed by atoms with van der Waals surface area (Å²) in [5.41, 5.74) is 7.55. The van der Waals surface area contributed by atoms with E-state index in [2.05, 4.69) is 146 Å². The first kappa shape index (κ1) is 21.8. The lowest BCUT2D eigenvalue weighted by atomic mass is 9.93. The zero-order valence-electron chi connectivity index (χ0n) is 20.3. The van der Waals surface area contributed by atoms with E-state index in [4.69, 9.17) is 0 Å². The number of benzene rings is 6. The molecule has 7 rings (SSSR count). The van der Waals surface area contributed by atoms with E-state index in [-0.39, 0.29) is 0 Å². The van der Waals surface area contributed by atoms with Crippen molar-refractivity contribution >= 4 is 32.9 Å². The molecule has 1 heteroatoms. The molecule has 0 amide bonds. The number of hydrogen-bond donors (Lipinski definition) is 0. The second kappa shape index (κ2) is 9.20. The van der Waals surface area contributed by atoms with Crippen LogP contribution >= 0.6 is 11.3 Å². The molecule has 0 aliphatic rings. The van der Waals surface area contributed by atoms with Crippen LogP contribution in [0.2, 0.25) is 0 Å². The minimum Gasteiger partial charge on any atom is -0.134 e. The van der Waals surface area contributed by atoms with Crippen molar-refractivity contribution in [2.45, 2.75) is 0 Å². The Balaban J connectivity index is 1.48. The Labute approximate surface area is 221 Å². The summed E-state index contributed by atoms with van der Waals surface area (Å²) in [5.74, 6) is 0. The largest absolute Gasteiger partial charge is 0.134 e. The van der Waals surface area contributed by atoms with Gasteiger partial charge in [-0.05, 0) is 56.8 Å². The van der Waals surface area contributed by atoms with Gasteiger partial charge < -0.3 is 0 Å². The zero-order chi connectivity index (χ0) is 24.6. The molecule has 0 aliphatic heterocycles. The molecular formula is C36H24S. The first-order valence-corrected chi connectivity index (χ1v) is 13.4. The SMILES string of the molecule is c1ccc(-c2cccc(-c3sc(-c4cc5ccccc5cc4-c4ccccc4)c4ccccc34)c2)cc1. The van der Waals surface area contributed by atoms with E-state index in [0.717, 1.165) is 0 Å². The lowest BCUT2D eigenvalue weighted by molar-refractivity contribution is 1.62. The number of fused-ring (bicyclic) bond motifs is 2. The molecule has 0 spiro atoms. The summed E-state index contributed by atoms with van der Waals surface area (Å²) in [4.78, 5) is 2.64. The summed E-state index contributed by atoms with van der Waals surface area (Å²) >= 11 is 1.90. The van der Waals surface area contributed by atoms with E-state index in [1.165, 1.54) is 64.7 Å². The minimum atomic E-state index is 1.24. The van der Waals surface area contributed by atoms with Crippen LogP contribution in [-0.4, -0.2) is 0 Å². The van der Waals surface area contributed by atoms with E-state index < -0.39 is 0 Å². The average molecular weight is 489 g/mol. The fourth-order valence-electron chi connectivity index (χ4n) is 5.26. The highest BCUT2D eigenvalue weighted by Gasteiger charge is 2.18. The van der Waals surface area contributed by atoms with Crippen molar-refractivity contribution < 1.29 is 0 Å². The van der Waals surface area contributed by atoms with Crippen molar-refractivity contribution in [1.82, 2.24) is 0 Å². The number of rotatable bonds is 4. The summed E-state index contributed by atoms with van der Waals surface area (Å²) in [6, 6.07) is 52.6. The van der Waals surface area contributed by atoms with Gasteiger partial charge in [-0.1, -0.05) is 127 Å². The second-order valence-corrected chi connectivity index (χ2v) is 10.4. The van der Waals surface area contributed by atoms with Gasteiger partial charge in [0.1, 0.15) is 0 Å². The fraction of sp³-hybridized carbons (Fsp3) is 0. The Hall–Kier alpha value is -4.46. The van der Waals surface area contributed by atoms with Crippen LogP contribution in [0, 0.1) is 0 Å². The zero-order valence-corrected chi connectivity index (χ0v) is 21.1. The molecule has 0 aliphatic carbocycles. The second-order valence-electron chi connectivity index (χ2n) is 9.36. The van der Waals surface area contributed by atoms with Crippen LogP contribution in [0.4, 0.5) is 0 Å². The molecule has 0 nitrogen and oxygen atoms in total. The normalized spacial score (nSPS) is 11.2. The molecule has 37 heavy (non-hydrogen) atoms. The first-order valence-electron chi connectivity index (χ1n) is 12.6. The van der Waals surface area contributed by atoms with Crippen molar-refractivity contribution in [2.24, 2.45) is 0 Å². The Morgan fingerprint density at radius 3 is 1.54 bits per heavy atom. The fourth-order valence-corrected chi connectivity index (χ4v) is 6.56. The number of hydrogen-bond acceptors (Lipinski definition) is 1. The smallest absolute Gasteiger partial charge is 0.0434 e. The molecule has 0 N–H and O–H groups in total. The summed E-state index contributed by atoms with van der Waals surface area (Å²) in [7, 11) is 0. The lowest BCUT2D eigenvalue weighted by Gasteiger charge is -2.12. The van der Waals surface area contributed by atoms with Gasteiger partial charge in [0, 0.05) is 26.1 Å². The third-order valence-corrected chi connectivity index (χ3v) is 8.37. The van der Waals surface area contributed by atoms with E-state index >= 15 is 0 Å². The Morgan fingerprint density at radius 2 is 0.838 bits per heavy atom. The highest BCUT2D eigenvalue weighted by atomic mass is 32.1. The van der Waals surface area contributed by atoms with Gasteiger partial charge >= 0.3 is 0 Å². The van der Waals surface area contributed by atoms with E-state index in [0.29, 0.717) is 0 Å². The molecule has 1 aromatic heterocycles. The van der Waals surface area contributed by atoms with Crippen LogP contribution in [-0.2, 0) is 0 Å². The summed E-state index contributed by atoms with van der Waals surface area (Å²) < 4.78 is 0. The van der Waals surface area contributed by atoms with Crippen LogP contribution in [0.5, 0.6) is 0 Å². The molecule has 0 saturated carbocycles. The molecule has 0 unspecified atom stereocenters. The molecule has 7 aromatic rings. The maximum atomic E-state index is 2.38. The highest BCUT2D eigenvalue weighted by Crippen LogP contribution is 2.48. The van der Waals surface area contributed by atoms with Crippen molar-refractivity contribution in [3.8, 4) is 43.1 Å². The lowest BCUT2D eigenvalue weighted by Crippen LogP contribution is -1.85.